The van der Waals surface area contributed by atoms with Crippen molar-refractivity contribution >= 4 is 24.0 Å². The molecule has 2 heterocycles. The third kappa shape index (κ3) is 1.56. The van der Waals surface area contributed by atoms with Crippen LogP contribution in [0.2, 0.25) is 0 Å². The van der Waals surface area contributed by atoms with Crippen molar-refractivity contribution in [2.45, 2.75) is 23.0 Å². The quantitative estimate of drug-likeness (QED) is 0.476. The van der Waals surface area contributed by atoms with E-state index in [9.17, 15) is 9.59 Å². The Kier molecular flexibility index (Phi) is 2.56. The third-order valence-electron chi connectivity index (χ3n) is 2.33. The molecule has 0 amide bonds. The normalized spacial score (nSPS) is 23.5. The van der Waals surface area contributed by atoms with E-state index in [0.717, 1.165) is 10.6 Å². The zero-order chi connectivity index (χ0) is 10.9. The van der Waals surface area contributed by atoms with E-state index >= 15 is 0 Å². The van der Waals surface area contributed by atoms with Gasteiger partial charge in [-0.1, -0.05) is 11.8 Å². The number of ether oxygens (including phenoxy) is 1. The number of esters is 1. The Morgan fingerprint density at radius 3 is 3.20 bits per heavy atom. The van der Waals surface area contributed by atoms with Crippen LogP contribution in [-0.2, 0) is 20.7 Å². The van der Waals surface area contributed by atoms with Crippen molar-refractivity contribution in [3.05, 3.63) is 18.0 Å². The fourth-order valence-electron chi connectivity index (χ4n) is 1.60. The topological polar surface area (TPSA) is 59.2 Å². The van der Waals surface area contributed by atoms with Gasteiger partial charge in [0, 0.05) is 23.2 Å². The lowest BCUT2D eigenvalue weighted by molar-refractivity contribution is -0.147. The van der Waals surface area contributed by atoms with Gasteiger partial charge in [-0.05, 0) is 13.0 Å². The van der Waals surface area contributed by atoms with E-state index in [2.05, 4.69) is 4.98 Å². The lowest BCUT2D eigenvalue weighted by atomic mass is 10.1. The number of H-pyrrole nitrogens is 1. The molecule has 4 nitrogen and oxygen atoms in total. The Morgan fingerprint density at radius 1 is 1.80 bits per heavy atom. The molecule has 5 heteroatoms. The predicted octanol–water partition coefficient (Wildman–Crippen LogP) is 1.16. The molecule has 80 valence electrons. The molecule has 1 N–H and O–H groups in total. The van der Waals surface area contributed by atoms with Gasteiger partial charge in [0.15, 0.2) is 4.75 Å². The van der Waals surface area contributed by atoms with Gasteiger partial charge in [-0.15, -0.1) is 0 Å². The summed E-state index contributed by atoms with van der Waals surface area (Å²) in [5.41, 5.74) is 0.931. The van der Waals surface area contributed by atoms with Gasteiger partial charge >= 0.3 is 5.97 Å². The van der Waals surface area contributed by atoms with Crippen LogP contribution in [0.25, 0.3) is 0 Å². The van der Waals surface area contributed by atoms with Crippen molar-refractivity contribution in [1.82, 2.24) is 4.98 Å². The number of nitrogens with one attached hydrogen (secondary N) is 1. The fourth-order valence-corrected chi connectivity index (χ4v) is 2.79. The minimum Gasteiger partial charge on any atom is -0.465 e. The molecule has 0 spiro atoms. The number of carbonyl (C=O) groups excluding carboxylic acids is 2. The van der Waals surface area contributed by atoms with Crippen molar-refractivity contribution in [3.63, 3.8) is 0 Å². The van der Waals surface area contributed by atoms with Gasteiger partial charge in [0.25, 0.3) is 0 Å². The highest BCUT2D eigenvalue weighted by atomic mass is 32.2. The number of rotatable bonds is 3. The summed E-state index contributed by atoms with van der Waals surface area (Å²) in [7, 11) is 0. The van der Waals surface area contributed by atoms with E-state index in [1.165, 1.54) is 11.8 Å². The van der Waals surface area contributed by atoms with Crippen molar-refractivity contribution < 1.29 is 14.3 Å². The summed E-state index contributed by atoms with van der Waals surface area (Å²) in [5, 5.41) is 0. The Hall–Kier alpha value is -1.23. The molecule has 0 radical (unpaired) electrons. The van der Waals surface area contributed by atoms with Crippen LogP contribution < -0.4 is 0 Å². The summed E-state index contributed by atoms with van der Waals surface area (Å²) in [6.07, 6.45) is 2.88. The van der Waals surface area contributed by atoms with Crippen LogP contribution in [-0.4, -0.2) is 28.6 Å². The molecular weight excluding hydrogens is 214 g/mol. The zero-order valence-corrected chi connectivity index (χ0v) is 9.10. The number of fused-ring (bicyclic) bond motifs is 1. The minimum atomic E-state index is -1.07. The number of hydrogen-bond acceptors (Lipinski definition) is 4. The smallest absolute Gasteiger partial charge is 0.330 e. The molecule has 0 saturated heterocycles. The first-order valence-corrected chi connectivity index (χ1v) is 5.52. The molecule has 2 rings (SSSR count). The molecule has 0 aromatic carbocycles. The van der Waals surface area contributed by atoms with E-state index in [4.69, 9.17) is 4.74 Å². The summed E-state index contributed by atoms with van der Waals surface area (Å²) in [4.78, 5) is 26.7. The maximum Gasteiger partial charge on any atom is 0.330 e. The number of hydrogen-bond donors (Lipinski definition) is 1. The van der Waals surface area contributed by atoms with E-state index in [-0.39, 0.29) is 0 Å². The number of aromatic amines is 1. The molecule has 1 aromatic rings. The second kappa shape index (κ2) is 3.73. The van der Waals surface area contributed by atoms with Gasteiger partial charge in [0.05, 0.1) is 6.61 Å². The average Bonchev–Trinajstić information content (AvgIpc) is 2.75. The first-order chi connectivity index (χ1) is 7.22. The number of aldehydes is 1. The van der Waals surface area contributed by atoms with Crippen molar-refractivity contribution in [1.29, 1.82) is 0 Å². The number of aromatic nitrogens is 1. The number of carbonyl (C=O) groups is 2. The zero-order valence-electron chi connectivity index (χ0n) is 8.28. The molecule has 0 saturated carbocycles. The van der Waals surface area contributed by atoms with Crippen LogP contribution >= 0.6 is 11.8 Å². The highest BCUT2D eigenvalue weighted by molar-refractivity contribution is 8.02. The van der Waals surface area contributed by atoms with Crippen molar-refractivity contribution in [3.8, 4) is 0 Å². The standard InChI is InChI=1S/C10H11NO3S/c1-2-14-9(13)10(6-12)5-7-8(15-10)3-4-11-7/h3-4,6,11H,2,5H2,1H3. The van der Waals surface area contributed by atoms with Crippen LogP contribution in [0.1, 0.15) is 12.6 Å². The van der Waals surface area contributed by atoms with Crippen LogP contribution in [0.15, 0.2) is 17.2 Å². The summed E-state index contributed by atoms with van der Waals surface area (Å²) in [5.74, 6) is -0.449. The van der Waals surface area contributed by atoms with E-state index in [1.807, 2.05) is 6.07 Å². The summed E-state index contributed by atoms with van der Waals surface area (Å²) in [6.45, 7) is 2.03. The molecule has 0 aliphatic carbocycles. The highest BCUT2D eigenvalue weighted by Gasteiger charge is 2.47. The second-order valence-corrected chi connectivity index (χ2v) is 4.70. The van der Waals surface area contributed by atoms with Gasteiger partial charge in [-0.3, -0.25) is 4.79 Å². The molecule has 1 aromatic heterocycles. The largest absolute Gasteiger partial charge is 0.465 e. The first kappa shape index (κ1) is 10.3. The van der Waals surface area contributed by atoms with Gasteiger partial charge in [0.1, 0.15) is 6.29 Å². The number of thioether (sulfide) groups is 1. The SMILES string of the molecule is CCOC(=O)C1(C=O)Cc2[nH]ccc2S1. The molecule has 15 heavy (non-hydrogen) atoms. The molecule has 1 aliphatic heterocycles. The molecule has 1 aliphatic rings. The second-order valence-electron chi connectivity index (χ2n) is 3.33. The minimum absolute atomic E-state index is 0.295. The third-order valence-corrected chi connectivity index (χ3v) is 3.71. The first-order valence-electron chi connectivity index (χ1n) is 4.70. The van der Waals surface area contributed by atoms with Gasteiger partial charge in [-0.2, -0.15) is 0 Å². The van der Waals surface area contributed by atoms with Crippen LogP contribution in [0.3, 0.4) is 0 Å². The lowest BCUT2D eigenvalue weighted by Crippen LogP contribution is -2.38. The predicted molar refractivity (Wildman–Crippen MR) is 55.8 cm³/mol. The Bertz CT molecular complexity index is 379. The van der Waals surface area contributed by atoms with Crippen LogP contribution in [0.4, 0.5) is 0 Å². The van der Waals surface area contributed by atoms with Gasteiger partial charge in [-0.25, -0.2) is 0 Å². The van der Waals surface area contributed by atoms with Crippen molar-refractivity contribution in [2.75, 3.05) is 6.61 Å². The molecule has 0 bridgehead atoms. The Morgan fingerprint density at radius 2 is 2.60 bits per heavy atom. The molecular formula is C10H11NO3S. The van der Waals surface area contributed by atoms with Gasteiger partial charge < -0.3 is 14.5 Å². The summed E-state index contributed by atoms with van der Waals surface area (Å²) in [6, 6.07) is 1.87. The molecule has 1 unspecified atom stereocenters. The van der Waals surface area contributed by atoms with E-state index < -0.39 is 10.7 Å². The van der Waals surface area contributed by atoms with Gasteiger partial charge in [0.2, 0.25) is 0 Å². The summed E-state index contributed by atoms with van der Waals surface area (Å²) < 4.78 is 3.84. The van der Waals surface area contributed by atoms with Crippen LogP contribution in [0, 0.1) is 0 Å². The van der Waals surface area contributed by atoms with Crippen molar-refractivity contribution in [2.24, 2.45) is 0 Å². The van der Waals surface area contributed by atoms with Crippen LogP contribution in [0.5, 0.6) is 0 Å². The average molecular weight is 225 g/mol. The Balaban J connectivity index is 2.24. The molecule has 0 fully saturated rings. The lowest BCUT2D eigenvalue weighted by Gasteiger charge is -2.18. The maximum absolute atomic E-state index is 11.7. The Labute approximate surface area is 91.4 Å². The fraction of sp³-hybridized carbons (Fsp3) is 0.400. The van der Waals surface area contributed by atoms with E-state index in [0.29, 0.717) is 19.3 Å². The maximum atomic E-state index is 11.7. The summed E-state index contributed by atoms with van der Waals surface area (Å²) >= 11 is 1.26. The molecule has 1 atom stereocenters. The monoisotopic (exact) mass is 225 g/mol. The van der Waals surface area contributed by atoms with E-state index in [1.54, 1.807) is 13.1 Å². The highest BCUT2D eigenvalue weighted by Crippen LogP contribution is 2.44.